The highest BCUT2D eigenvalue weighted by molar-refractivity contribution is 5.75. The van der Waals surface area contributed by atoms with E-state index in [0.29, 0.717) is 0 Å². The molecule has 19 heavy (non-hydrogen) atoms. The maximum atomic E-state index is 12.2. The Hall–Kier alpha value is -0.770. The van der Waals surface area contributed by atoms with Gasteiger partial charge in [-0.05, 0) is 71.1 Å². The minimum absolute atomic E-state index is 0.0148. The summed E-state index contributed by atoms with van der Waals surface area (Å²) < 4.78 is 0. The Morgan fingerprint density at radius 3 is 2.21 bits per heavy atom. The number of amides is 2. The molecule has 4 nitrogen and oxygen atoms in total. The van der Waals surface area contributed by atoms with E-state index in [2.05, 4.69) is 10.6 Å². The topological polar surface area (TPSA) is 67.2 Å². The zero-order valence-corrected chi connectivity index (χ0v) is 12.4. The molecule has 4 aliphatic rings. The van der Waals surface area contributed by atoms with Crippen molar-refractivity contribution in [2.24, 2.45) is 17.6 Å². The summed E-state index contributed by atoms with van der Waals surface area (Å²) in [5.74, 6) is 1.45. The predicted molar refractivity (Wildman–Crippen MR) is 75.8 cm³/mol. The smallest absolute Gasteiger partial charge is 0.315 e. The molecule has 0 aliphatic heterocycles. The molecule has 0 spiro atoms. The Bertz CT molecular complexity index is 385. The van der Waals surface area contributed by atoms with E-state index in [-0.39, 0.29) is 22.6 Å². The van der Waals surface area contributed by atoms with Gasteiger partial charge in [-0.15, -0.1) is 0 Å². The maximum absolute atomic E-state index is 12.2. The molecule has 0 saturated heterocycles. The molecule has 0 aromatic carbocycles. The van der Waals surface area contributed by atoms with Gasteiger partial charge in [-0.1, -0.05) is 0 Å². The van der Waals surface area contributed by atoms with Crippen molar-refractivity contribution in [3.05, 3.63) is 0 Å². The molecule has 0 heterocycles. The number of nitrogens with one attached hydrogen (secondary N) is 2. The van der Waals surface area contributed by atoms with Gasteiger partial charge in [-0.2, -0.15) is 0 Å². The van der Waals surface area contributed by atoms with Crippen LogP contribution >= 0.6 is 0 Å². The van der Waals surface area contributed by atoms with E-state index in [1.165, 1.54) is 6.42 Å². The van der Waals surface area contributed by atoms with Crippen LogP contribution in [0.25, 0.3) is 0 Å². The van der Waals surface area contributed by atoms with E-state index in [9.17, 15) is 4.79 Å². The van der Waals surface area contributed by atoms with Crippen LogP contribution in [0.1, 0.15) is 59.3 Å². The fraction of sp³-hybridized carbons (Fsp3) is 0.933. The average Bonchev–Trinajstić information content (AvgIpc) is 2.06. The quantitative estimate of drug-likeness (QED) is 0.680. The Morgan fingerprint density at radius 1 is 1.16 bits per heavy atom. The van der Waals surface area contributed by atoms with Gasteiger partial charge in [-0.3, -0.25) is 0 Å². The largest absolute Gasteiger partial charge is 0.334 e. The van der Waals surface area contributed by atoms with Gasteiger partial charge < -0.3 is 16.4 Å². The second kappa shape index (κ2) is 3.87. The predicted octanol–water partition coefficient (Wildman–Crippen LogP) is 2.13. The lowest BCUT2D eigenvalue weighted by Gasteiger charge is -2.61. The lowest BCUT2D eigenvalue weighted by atomic mass is 9.50. The standard InChI is InChI=1S/C15H27N3O/c1-13(2,3)17-12(19)18-15-7-10-4-11(8-15)6-14(16,5-10)9-15/h10-11H,4-9,16H2,1-3H3,(H2,17,18,19). The lowest BCUT2D eigenvalue weighted by Crippen LogP contribution is -2.69. The molecule has 108 valence electrons. The minimum atomic E-state index is -0.188. The molecule has 4 heteroatoms. The van der Waals surface area contributed by atoms with Gasteiger partial charge in [-0.25, -0.2) is 4.79 Å². The highest BCUT2D eigenvalue weighted by atomic mass is 16.2. The molecule has 0 aromatic heterocycles. The number of carbonyl (C=O) groups excluding carboxylic acids is 1. The van der Waals surface area contributed by atoms with Crippen LogP contribution in [0.4, 0.5) is 4.79 Å². The number of hydrogen-bond acceptors (Lipinski definition) is 2. The summed E-state index contributed by atoms with van der Waals surface area (Å²) >= 11 is 0. The first kappa shape index (κ1) is 13.2. The highest BCUT2D eigenvalue weighted by Gasteiger charge is 2.56. The van der Waals surface area contributed by atoms with Crippen LogP contribution in [0.3, 0.4) is 0 Å². The number of carbonyl (C=O) groups is 1. The fourth-order valence-electron chi connectivity index (χ4n) is 5.09. The van der Waals surface area contributed by atoms with Crippen molar-refractivity contribution in [3.63, 3.8) is 0 Å². The van der Waals surface area contributed by atoms with E-state index in [0.717, 1.165) is 43.9 Å². The molecule has 2 amide bonds. The van der Waals surface area contributed by atoms with Crippen molar-refractivity contribution >= 4 is 6.03 Å². The summed E-state index contributed by atoms with van der Waals surface area (Å²) in [6.07, 6.45) is 6.86. The van der Waals surface area contributed by atoms with Crippen LogP contribution in [-0.2, 0) is 0 Å². The zero-order valence-electron chi connectivity index (χ0n) is 12.4. The fourth-order valence-corrected chi connectivity index (χ4v) is 5.09. The van der Waals surface area contributed by atoms with Crippen LogP contribution in [0.5, 0.6) is 0 Å². The average molecular weight is 265 g/mol. The third-order valence-corrected chi connectivity index (χ3v) is 4.97. The van der Waals surface area contributed by atoms with E-state index in [4.69, 9.17) is 5.73 Å². The van der Waals surface area contributed by atoms with Gasteiger partial charge in [0.1, 0.15) is 0 Å². The van der Waals surface area contributed by atoms with Crippen LogP contribution in [-0.4, -0.2) is 22.6 Å². The molecule has 2 unspecified atom stereocenters. The minimum Gasteiger partial charge on any atom is -0.334 e. The van der Waals surface area contributed by atoms with Gasteiger partial charge in [0, 0.05) is 16.6 Å². The zero-order chi connectivity index (χ0) is 13.9. The molecule has 4 fully saturated rings. The second-order valence-corrected chi connectivity index (χ2v) is 8.43. The summed E-state index contributed by atoms with van der Waals surface area (Å²) in [5.41, 5.74) is 6.30. The van der Waals surface area contributed by atoms with Crippen LogP contribution < -0.4 is 16.4 Å². The maximum Gasteiger partial charge on any atom is 0.315 e. The molecule has 0 aromatic rings. The summed E-state index contributed by atoms with van der Waals surface area (Å²) in [6.45, 7) is 6.03. The SMILES string of the molecule is CC(C)(C)NC(=O)NC12CC3CC(CC(N)(C3)C1)C2. The van der Waals surface area contributed by atoms with Crippen molar-refractivity contribution in [2.45, 2.75) is 75.9 Å². The molecule has 4 bridgehead atoms. The first-order valence-corrected chi connectivity index (χ1v) is 7.56. The molecular weight excluding hydrogens is 238 g/mol. The summed E-state index contributed by atoms with van der Waals surface area (Å²) in [4.78, 5) is 12.2. The first-order chi connectivity index (χ1) is 8.67. The molecule has 4 N–H and O–H groups in total. The third kappa shape index (κ3) is 2.60. The van der Waals surface area contributed by atoms with E-state index < -0.39 is 0 Å². The third-order valence-electron chi connectivity index (χ3n) is 4.97. The van der Waals surface area contributed by atoms with Gasteiger partial charge in [0.2, 0.25) is 0 Å². The van der Waals surface area contributed by atoms with Gasteiger partial charge in [0.15, 0.2) is 0 Å². The summed E-state index contributed by atoms with van der Waals surface area (Å²) in [5, 5.41) is 6.29. The summed E-state index contributed by atoms with van der Waals surface area (Å²) in [7, 11) is 0. The molecule has 4 rings (SSSR count). The van der Waals surface area contributed by atoms with E-state index >= 15 is 0 Å². The first-order valence-electron chi connectivity index (χ1n) is 7.56. The monoisotopic (exact) mass is 265 g/mol. The van der Waals surface area contributed by atoms with Crippen molar-refractivity contribution in [1.29, 1.82) is 0 Å². The van der Waals surface area contributed by atoms with Crippen molar-refractivity contribution in [3.8, 4) is 0 Å². The number of hydrogen-bond donors (Lipinski definition) is 3. The van der Waals surface area contributed by atoms with E-state index in [1.807, 2.05) is 20.8 Å². The van der Waals surface area contributed by atoms with Crippen molar-refractivity contribution in [2.75, 3.05) is 0 Å². The lowest BCUT2D eigenvalue weighted by molar-refractivity contribution is -0.0300. The Morgan fingerprint density at radius 2 is 1.74 bits per heavy atom. The van der Waals surface area contributed by atoms with Gasteiger partial charge in [0.05, 0.1) is 0 Å². The highest BCUT2D eigenvalue weighted by Crippen LogP contribution is 2.56. The summed E-state index contributed by atoms with van der Waals surface area (Å²) in [6, 6.07) is -0.0296. The van der Waals surface area contributed by atoms with Gasteiger partial charge >= 0.3 is 6.03 Å². The van der Waals surface area contributed by atoms with E-state index in [1.54, 1.807) is 0 Å². The number of nitrogens with two attached hydrogens (primary N) is 1. The van der Waals surface area contributed by atoms with Crippen molar-refractivity contribution < 1.29 is 4.79 Å². The second-order valence-electron chi connectivity index (χ2n) is 8.43. The molecular formula is C15H27N3O. The number of urea groups is 1. The van der Waals surface area contributed by atoms with Gasteiger partial charge in [0.25, 0.3) is 0 Å². The molecule has 2 atom stereocenters. The Balaban J connectivity index is 1.72. The van der Waals surface area contributed by atoms with Crippen LogP contribution in [0.2, 0.25) is 0 Å². The van der Waals surface area contributed by atoms with Crippen molar-refractivity contribution in [1.82, 2.24) is 10.6 Å². The molecule has 0 radical (unpaired) electrons. The van der Waals surface area contributed by atoms with Crippen LogP contribution in [0.15, 0.2) is 0 Å². The molecule has 4 aliphatic carbocycles. The normalized spacial score (nSPS) is 44.2. The van der Waals surface area contributed by atoms with Crippen LogP contribution in [0, 0.1) is 11.8 Å². The Labute approximate surface area is 115 Å². The Kier molecular flexibility index (Phi) is 2.70. The number of rotatable bonds is 1. The molecule has 4 saturated carbocycles.